The van der Waals surface area contributed by atoms with Crippen LogP contribution in [0.25, 0.3) is 0 Å². The van der Waals surface area contributed by atoms with E-state index in [9.17, 15) is 27.6 Å². The highest BCUT2D eigenvalue weighted by molar-refractivity contribution is 6.46. The van der Waals surface area contributed by atoms with Crippen LogP contribution in [0.15, 0.2) is 35.6 Å². The molecular formula is C21H18Cl3F3N6O4. The Bertz CT molecular complexity index is 1200. The van der Waals surface area contributed by atoms with Gasteiger partial charge in [-0.15, -0.1) is 0 Å². The van der Waals surface area contributed by atoms with Crippen molar-refractivity contribution in [2.24, 2.45) is 5.16 Å². The molecule has 4 amide bonds. The van der Waals surface area contributed by atoms with E-state index in [4.69, 9.17) is 40.1 Å². The predicted molar refractivity (Wildman–Crippen MR) is 129 cm³/mol. The first-order chi connectivity index (χ1) is 17.3. The number of carbonyl (C=O) groups is 3. The van der Waals surface area contributed by atoms with Crippen LogP contribution in [-0.4, -0.2) is 42.2 Å². The Hall–Kier alpha value is -3.60. The highest BCUT2D eigenvalue weighted by atomic mass is 35.5. The molecule has 0 atom stereocenters. The van der Waals surface area contributed by atoms with E-state index in [-0.39, 0.29) is 32.9 Å². The molecule has 3 N–H and O–H groups in total. The second-order valence-electron chi connectivity index (χ2n) is 6.48. The Morgan fingerprint density at radius 3 is 2.24 bits per heavy atom. The SMILES string of the molecule is CCNC(=O)NC(=O)/C(C#N)=N/OC.O=C(NCc1ncc(C(F)(F)F)cc1Cl)c1c(Cl)cccc1Cl. The smallest absolute Gasteiger partial charge is 0.398 e. The van der Waals surface area contributed by atoms with Crippen LogP contribution < -0.4 is 16.0 Å². The molecule has 0 saturated heterocycles. The van der Waals surface area contributed by atoms with Crippen LogP contribution in [0.3, 0.4) is 0 Å². The van der Waals surface area contributed by atoms with Gasteiger partial charge in [-0.1, -0.05) is 46.0 Å². The maximum absolute atomic E-state index is 12.5. The van der Waals surface area contributed by atoms with Gasteiger partial charge in [-0.05, 0) is 25.1 Å². The van der Waals surface area contributed by atoms with Gasteiger partial charge < -0.3 is 15.5 Å². The molecule has 198 valence electrons. The van der Waals surface area contributed by atoms with Gasteiger partial charge in [-0.3, -0.25) is 19.9 Å². The fraction of sp³-hybridized carbons (Fsp3) is 0.238. The summed E-state index contributed by atoms with van der Waals surface area (Å²) in [6.07, 6.45) is -3.89. The summed E-state index contributed by atoms with van der Waals surface area (Å²) in [6.45, 7) is 1.90. The van der Waals surface area contributed by atoms with Crippen molar-refractivity contribution in [2.75, 3.05) is 13.7 Å². The minimum atomic E-state index is -4.54. The van der Waals surface area contributed by atoms with E-state index in [2.05, 4.69) is 25.6 Å². The molecule has 0 unspecified atom stereocenters. The summed E-state index contributed by atoms with van der Waals surface area (Å²) in [5, 5.41) is 18.3. The van der Waals surface area contributed by atoms with Gasteiger partial charge in [0.1, 0.15) is 13.2 Å². The van der Waals surface area contributed by atoms with Gasteiger partial charge in [0.15, 0.2) is 0 Å². The highest BCUT2D eigenvalue weighted by Crippen LogP contribution is 2.31. The van der Waals surface area contributed by atoms with E-state index in [0.717, 1.165) is 6.07 Å². The molecule has 0 radical (unpaired) electrons. The van der Waals surface area contributed by atoms with Gasteiger partial charge in [-0.25, -0.2) is 4.79 Å². The molecule has 0 bridgehead atoms. The summed E-state index contributed by atoms with van der Waals surface area (Å²) in [5.74, 6) is -1.49. The van der Waals surface area contributed by atoms with Crippen molar-refractivity contribution in [1.82, 2.24) is 20.9 Å². The maximum atomic E-state index is 12.5. The van der Waals surface area contributed by atoms with Crippen LogP contribution in [0.4, 0.5) is 18.0 Å². The fourth-order valence-electron chi connectivity index (χ4n) is 2.29. The Kier molecular flexibility index (Phi) is 12.6. The van der Waals surface area contributed by atoms with Crippen LogP contribution in [0.1, 0.15) is 28.5 Å². The standard InChI is InChI=1S/C14H8Cl3F3N2O.C7H10N4O3/c15-8-2-1-3-9(16)12(8)13(23)22-6-11-10(17)4-7(5-21-11)14(18,19)20;1-3-9-7(13)10-6(12)5(4-8)11-14-2/h1-5H,6H2,(H,22,23);3H2,1-2H3,(H2,9,10,12,13)/b;11-5+. The van der Waals surface area contributed by atoms with Crippen LogP contribution in [0, 0.1) is 11.3 Å². The Morgan fingerprint density at radius 2 is 1.76 bits per heavy atom. The molecule has 0 spiro atoms. The molecule has 2 rings (SSSR count). The van der Waals surface area contributed by atoms with Crippen molar-refractivity contribution in [2.45, 2.75) is 19.6 Å². The van der Waals surface area contributed by atoms with Crippen molar-refractivity contribution in [3.05, 3.63) is 62.4 Å². The molecular weight excluding hydrogens is 564 g/mol. The topological polar surface area (TPSA) is 146 Å². The molecule has 37 heavy (non-hydrogen) atoms. The predicted octanol–water partition coefficient (Wildman–Crippen LogP) is 4.35. The fourth-order valence-corrected chi connectivity index (χ4v) is 3.09. The third-order valence-corrected chi connectivity index (χ3v) is 4.88. The van der Waals surface area contributed by atoms with E-state index in [1.54, 1.807) is 13.0 Å². The largest absolute Gasteiger partial charge is 0.417 e. The lowest BCUT2D eigenvalue weighted by molar-refractivity contribution is -0.137. The van der Waals surface area contributed by atoms with E-state index in [1.165, 1.54) is 25.3 Å². The zero-order valence-electron chi connectivity index (χ0n) is 19.0. The average Bonchev–Trinajstić information content (AvgIpc) is 2.81. The second-order valence-corrected chi connectivity index (χ2v) is 7.70. The molecule has 10 nitrogen and oxygen atoms in total. The molecule has 1 aromatic carbocycles. The first-order valence-electron chi connectivity index (χ1n) is 9.89. The number of halogens is 6. The number of hydrogen-bond acceptors (Lipinski definition) is 7. The number of nitrogens with zero attached hydrogens (tertiary/aromatic N) is 3. The Balaban J connectivity index is 0.000000422. The molecule has 0 aliphatic rings. The number of oxime groups is 1. The number of urea groups is 1. The number of rotatable bonds is 6. The van der Waals surface area contributed by atoms with Crippen molar-refractivity contribution < 1.29 is 32.4 Å². The number of carbonyl (C=O) groups excluding carboxylic acids is 3. The van der Waals surface area contributed by atoms with Crippen molar-refractivity contribution in [1.29, 1.82) is 5.26 Å². The first kappa shape index (κ1) is 31.4. The zero-order chi connectivity index (χ0) is 28.2. The first-order valence-corrected chi connectivity index (χ1v) is 11.0. The van der Waals surface area contributed by atoms with E-state index >= 15 is 0 Å². The summed E-state index contributed by atoms with van der Waals surface area (Å²) in [6, 6.07) is 6.11. The van der Waals surface area contributed by atoms with Crippen molar-refractivity contribution in [3.8, 4) is 6.07 Å². The number of alkyl halides is 3. The molecule has 0 aliphatic heterocycles. The lowest BCUT2D eigenvalue weighted by Gasteiger charge is -2.11. The number of hydrogen-bond donors (Lipinski definition) is 3. The summed E-state index contributed by atoms with van der Waals surface area (Å²) >= 11 is 17.6. The molecule has 0 fully saturated rings. The highest BCUT2D eigenvalue weighted by Gasteiger charge is 2.31. The molecule has 1 aromatic heterocycles. The minimum absolute atomic E-state index is 0.0684. The number of pyridine rings is 1. The Morgan fingerprint density at radius 1 is 1.14 bits per heavy atom. The van der Waals surface area contributed by atoms with E-state index in [0.29, 0.717) is 12.7 Å². The number of benzene rings is 1. The van der Waals surface area contributed by atoms with Gasteiger partial charge in [0.2, 0.25) is 5.71 Å². The van der Waals surface area contributed by atoms with Crippen LogP contribution in [0.2, 0.25) is 15.1 Å². The number of nitrogens with one attached hydrogen (secondary N) is 3. The van der Waals surface area contributed by atoms with E-state index < -0.39 is 35.3 Å². The van der Waals surface area contributed by atoms with E-state index in [1.807, 2.05) is 5.32 Å². The van der Waals surface area contributed by atoms with Gasteiger partial charge in [-0.2, -0.15) is 18.4 Å². The van der Waals surface area contributed by atoms with Gasteiger partial charge >= 0.3 is 12.2 Å². The third-order valence-electron chi connectivity index (χ3n) is 3.92. The molecule has 1 heterocycles. The summed E-state index contributed by atoms with van der Waals surface area (Å²) in [5.41, 5.74) is -1.32. The molecule has 0 aliphatic carbocycles. The molecule has 2 aromatic rings. The van der Waals surface area contributed by atoms with Crippen LogP contribution in [-0.2, 0) is 22.4 Å². The lowest BCUT2D eigenvalue weighted by atomic mass is 10.2. The summed E-state index contributed by atoms with van der Waals surface area (Å²) in [7, 11) is 1.19. The number of aromatic nitrogens is 1. The normalized spacial score (nSPS) is 10.8. The van der Waals surface area contributed by atoms with Crippen molar-refractivity contribution >= 4 is 58.4 Å². The number of amides is 4. The maximum Gasteiger partial charge on any atom is 0.417 e. The molecule has 16 heteroatoms. The van der Waals surface area contributed by atoms with Crippen LogP contribution >= 0.6 is 34.8 Å². The Labute approximate surface area is 223 Å². The quantitative estimate of drug-likeness (QED) is 0.342. The minimum Gasteiger partial charge on any atom is -0.398 e. The summed E-state index contributed by atoms with van der Waals surface area (Å²) in [4.78, 5) is 41.8. The van der Waals surface area contributed by atoms with Crippen LogP contribution in [0.5, 0.6) is 0 Å². The zero-order valence-corrected chi connectivity index (χ0v) is 21.3. The molecule has 0 saturated carbocycles. The second kappa shape index (κ2) is 14.8. The summed E-state index contributed by atoms with van der Waals surface area (Å²) < 4.78 is 37.6. The third kappa shape index (κ3) is 10.1. The van der Waals surface area contributed by atoms with Gasteiger partial charge in [0.25, 0.3) is 11.8 Å². The van der Waals surface area contributed by atoms with Gasteiger partial charge in [0, 0.05) is 12.7 Å². The average molecular weight is 582 g/mol. The number of nitriles is 1. The van der Waals surface area contributed by atoms with Crippen molar-refractivity contribution in [3.63, 3.8) is 0 Å². The lowest BCUT2D eigenvalue weighted by Crippen LogP contribution is -2.42. The van der Waals surface area contributed by atoms with Gasteiger partial charge in [0.05, 0.1) is 38.4 Å². The monoisotopic (exact) mass is 580 g/mol. The number of imide groups is 1.